The van der Waals surface area contributed by atoms with Gasteiger partial charge in [0.05, 0.1) is 18.1 Å². The van der Waals surface area contributed by atoms with Crippen LogP contribution in [0.1, 0.15) is 5.56 Å². The number of carbonyl (C=O) groups excluding carboxylic acids is 1. The van der Waals surface area contributed by atoms with E-state index in [9.17, 15) is 14.9 Å². The van der Waals surface area contributed by atoms with E-state index in [1.165, 1.54) is 25.3 Å². The summed E-state index contributed by atoms with van der Waals surface area (Å²) in [5.74, 6) is 3.99. The SMILES string of the molecule is COc1cc(C#CC(N)=O)cc([N+](=O)[O-])c1. The Morgan fingerprint density at radius 1 is 1.50 bits per heavy atom. The van der Waals surface area contributed by atoms with Crippen LogP contribution in [0.25, 0.3) is 0 Å². The average molecular weight is 220 g/mol. The summed E-state index contributed by atoms with van der Waals surface area (Å²) in [6.45, 7) is 0. The largest absolute Gasteiger partial charge is 0.496 e. The molecule has 0 radical (unpaired) electrons. The number of non-ortho nitro benzene ring substituents is 1. The molecule has 0 bridgehead atoms. The Labute approximate surface area is 91.2 Å². The van der Waals surface area contributed by atoms with Gasteiger partial charge in [0, 0.05) is 11.6 Å². The number of methoxy groups -OCH3 is 1. The summed E-state index contributed by atoms with van der Waals surface area (Å²) in [4.78, 5) is 20.4. The molecule has 0 saturated carbocycles. The minimum atomic E-state index is -0.800. The van der Waals surface area contributed by atoms with Crippen LogP contribution in [0.3, 0.4) is 0 Å². The summed E-state index contributed by atoms with van der Waals surface area (Å²) >= 11 is 0. The van der Waals surface area contributed by atoms with E-state index in [0.29, 0.717) is 11.3 Å². The van der Waals surface area contributed by atoms with Gasteiger partial charge >= 0.3 is 0 Å². The third-order valence-electron chi connectivity index (χ3n) is 1.67. The van der Waals surface area contributed by atoms with Gasteiger partial charge in [-0.2, -0.15) is 0 Å². The molecule has 0 saturated heterocycles. The molecule has 6 nitrogen and oxygen atoms in total. The molecule has 2 N–H and O–H groups in total. The number of nitro groups is 1. The fourth-order valence-corrected chi connectivity index (χ4v) is 1.01. The highest BCUT2D eigenvalue weighted by Gasteiger charge is 2.08. The molecule has 0 heterocycles. The molecule has 16 heavy (non-hydrogen) atoms. The lowest BCUT2D eigenvalue weighted by atomic mass is 10.2. The maximum atomic E-state index is 10.6. The van der Waals surface area contributed by atoms with Crippen LogP contribution in [0.5, 0.6) is 5.75 Å². The van der Waals surface area contributed by atoms with Crippen molar-refractivity contribution in [2.75, 3.05) is 7.11 Å². The second-order valence-electron chi connectivity index (χ2n) is 2.79. The van der Waals surface area contributed by atoms with E-state index in [-0.39, 0.29) is 5.69 Å². The molecule has 0 aliphatic heterocycles. The number of ether oxygens (including phenoxy) is 1. The van der Waals surface area contributed by atoms with E-state index in [2.05, 4.69) is 11.8 Å². The molecular weight excluding hydrogens is 212 g/mol. The maximum Gasteiger partial charge on any atom is 0.293 e. The highest BCUT2D eigenvalue weighted by Crippen LogP contribution is 2.21. The summed E-state index contributed by atoms with van der Waals surface area (Å²) in [6, 6.07) is 3.97. The first-order chi connectivity index (χ1) is 7.52. The highest BCUT2D eigenvalue weighted by atomic mass is 16.6. The molecular formula is C10H8N2O4. The van der Waals surface area contributed by atoms with Gasteiger partial charge in [-0.05, 0) is 12.0 Å². The van der Waals surface area contributed by atoms with E-state index < -0.39 is 10.8 Å². The van der Waals surface area contributed by atoms with Crippen molar-refractivity contribution < 1.29 is 14.5 Å². The second-order valence-corrected chi connectivity index (χ2v) is 2.79. The lowest BCUT2D eigenvalue weighted by Gasteiger charge is -2.00. The fourth-order valence-electron chi connectivity index (χ4n) is 1.01. The van der Waals surface area contributed by atoms with Gasteiger partial charge in [0.2, 0.25) is 0 Å². The molecule has 1 aromatic rings. The van der Waals surface area contributed by atoms with Crippen LogP contribution in [-0.2, 0) is 4.79 Å². The van der Waals surface area contributed by atoms with Crippen molar-refractivity contribution in [2.45, 2.75) is 0 Å². The van der Waals surface area contributed by atoms with Gasteiger partial charge < -0.3 is 10.5 Å². The van der Waals surface area contributed by atoms with Crippen LogP contribution in [0.4, 0.5) is 5.69 Å². The first-order valence-corrected chi connectivity index (χ1v) is 4.18. The zero-order valence-corrected chi connectivity index (χ0v) is 8.39. The summed E-state index contributed by atoms with van der Waals surface area (Å²) in [5, 5.41) is 10.6. The van der Waals surface area contributed by atoms with Gasteiger partial charge in [0.15, 0.2) is 0 Å². The standard InChI is InChI=1S/C10H8N2O4/c1-16-9-5-7(2-3-10(11)13)4-8(6-9)12(14)15/h4-6H,1H3,(H2,11,13). The van der Waals surface area contributed by atoms with Crippen molar-refractivity contribution in [3.63, 3.8) is 0 Å². The molecule has 0 spiro atoms. The molecule has 6 heteroatoms. The number of hydrogen-bond donors (Lipinski definition) is 1. The van der Waals surface area contributed by atoms with Gasteiger partial charge in [0.1, 0.15) is 5.75 Å². The quantitative estimate of drug-likeness (QED) is 0.444. The Balaban J connectivity index is 3.20. The third-order valence-corrected chi connectivity index (χ3v) is 1.67. The van der Waals surface area contributed by atoms with Crippen LogP contribution in [0, 0.1) is 22.0 Å². The van der Waals surface area contributed by atoms with Crippen LogP contribution < -0.4 is 10.5 Å². The van der Waals surface area contributed by atoms with Crippen molar-refractivity contribution in [1.82, 2.24) is 0 Å². The van der Waals surface area contributed by atoms with Crippen molar-refractivity contribution >= 4 is 11.6 Å². The number of nitrogens with two attached hydrogens (primary N) is 1. The zero-order valence-electron chi connectivity index (χ0n) is 8.39. The zero-order chi connectivity index (χ0) is 12.1. The lowest BCUT2D eigenvalue weighted by molar-refractivity contribution is -0.384. The molecule has 82 valence electrons. The number of hydrogen-bond acceptors (Lipinski definition) is 4. The topological polar surface area (TPSA) is 95.5 Å². The van der Waals surface area contributed by atoms with E-state index in [1.54, 1.807) is 0 Å². The monoisotopic (exact) mass is 220 g/mol. The minimum Gasteiger partial charge on any atom is -0.496 e. The smallest absolute Gasteiger partial charge is 0.293 e. The minimum absolute atomic E-state index is 0.159. The van der Waals surface area contributed by atoms with Gasteiger partial charge in [-0.1, -0.05) is 5.92 Å². The summed E-state index contributed by atoms with van der Waals surface area (Å²) < 4.78 is 4.86. The van der Waals surface area contributed by atoms with Crippen LogP contribution in [0.15, 0.2) is 18.2 Å². The number of benzene rings is 1. The van der Waals surface area contributed by atoms with E-state index >= 15 is 0 Å². The number of carbonyl (C=O) groups is 1. The Hall–Kier alpha value is -2.55. The van der Waals surface area contributed by atoms with Gasteiger partial charge in [-0.15, -0.1) is 0 Å². The Kier molecular flexibility index (Phi) is 3.45. The molecule has 0 atom stereocenters. The first kappa shape index (κ1) is 11.5. The predicted octanol–water partition coefficient (Wildman–Crippen LogP) is 0.440. The Bertz CT molecular complexity index is 499. The Morgan fingerprint density at radius 3 is 2.69 bits per heavy atom. The van der Waals surface area contributed by atoms with E-state index in [0.717, 1.165) is 0 Å². The predicted molar refractivity (Wildman–Crippen MR) is 55.7 cm³/mol. The highest BCUT2D eigenvalue weighted by molar-refractivity contribution is 5.92. The normalized spacial score (nSPS) is 8.81. The second kappa shape index (κ2) is 4.79. The maximum absolute atomic E-state index is 10.6. The third kappa shape index (κ3) is 2.99. The van der Waals surface area contributed by atoms with E-state index in [1.807, 2.05) is 0 Å². The summed E-state index contributed by atoms with van der Waals surface area (Å²) in [6.07, 6.45) is 0. The van der Waals surface area contributed by atoms with Crippen LogP contribution >= 0.6 is 0 Å². The molecule has 1 rings (SSSR count). The number of nitro benzene ring substituents is 1. The summed E-state index contributed by atoms with van der Waals surface area (Å²) in [5.41, 5.74) is 4.97. The average Bonchev–Trinajstić information content (AvgIpc) is 2.25. The van der Waals surface area contributed by atoms with Gasteiger partial charge in [0.25, 0.3) is 11.6 Å². The molecule has 0 unspecified atom stereocenters. The number of rotatable bonds is 2. The lowest BCUT2D eigenvalue weighted by Crippen LogP contribution is -2.06. The fraction of sp³-hybridized carbons (Fsp3) is 0.100. The number of amides is 1. The molecule has 0 aromatic heterocycles. The number of nitrogens with zero attached hydrogens (tertiary/aromatic N) is 1. The molecule has 0 aliphatic carbocycles. The van der Waals surface area contributed by atoms with Crippen LogP contribution in [0.2, 0.25) is 0 Å². The van der Waals surface area contributed by atoms with Crippen molar-refractivity contribution in [1.29, 1.82) is 0 Å². The first-order valence-electron chi connectivity index (χ1n) is 4.18. The molecule has 1 aromatic carbocycles. The van der Waals surface area contributed by atoms with Crippen molar-refractivity contribution in [3.05, 3.63) is 33.9 Å². The van der Waals surface area contributed by atoms with Gasteiger partial charge in [-0.25, -0.2) is 0 Å². The molecule has 0 aliphatic rings. The Morgan fingerprint density at radius 2 is 2.19 bits per heavy atom. The van der Waals surface area contributed by atoms with Gasteiger partial charge in [-0.3, -0.25) is 14.9 Å². The summed E-state index contributed by atoms with van der Waals surface area (Å²) in [7, 11) is 1.38. The van der Waals surface area contributed by atoms with Crippen molar-refractivity contribution in [2.24, 2.45) is 5.73 Å². The van der Waals surface area contributed by atoms with Crippen molar-refractivity contribution in [3.8, 4) is 17.6 Å². The molecule has 0 fully saturated rings. The molecule has 1 amide bonds. The number of primary amides is 1. The van der Waals surface area contributed by atoms with Crippen LogP contribution in [-0.4, -0.2) is 17.9 Å². The van der Waals surface area contributed by atoms with E-state index in [4.69, 9.17) is 10.5 Å².